The van der Waals surface area contributed by atoms with E-state index in [4.69, 9.17) is 5.73 Å². The van der Waals surface area contributed by atoms with Crippen LogP contribution in [-0.4, -0.2) is 32.0 Å². The quantitative estimate of drug-likeness (QED) is 0.396. The summed E-state index contributed by atoms with van der Waals surface area (Å²) >= 11 is 1.28. The molecule has 0 fully saturated rings. The van der Waals surface area contributed by atoms with Crippen LogP contribution in [0.3, 0.4) is 0 Å². The van der Waals surface area contributed by atoms with Gasteiger partial charge in [-0.15, -0.1) is 16.4 Å². The van der Waals surface area contributed by atoms with Crippen LogP contribution in [0.4, 0.5) is 10.3 Å². The fourth-order valence-corrected chi connectivity index (χ4v) is 4.26. The van der Waals surface area contributed by atoms with Crippen molar-refractivity contribution in [2.45, 2.75) is 39.3 Å². The second-order valence-corrected chi connectivity index (χ2v) is 9.94. The zero-order valence-corrected chi connectivity index (χ0v) is 20.0. The van der Waals surface area contributed by atoms with Crippen LogP contribution < -0.4 is 16.4 Å². The first-order chi connectivity index (χ1) is 16.0. The maximum Gasteiger partial charge on any atom is 0.261 e. The van der Waals surface area contributed by atoms with Crippen molar-refractivity contribution in [3.8, 4) is 11.1 Å². The number of hydrogen-bond acceptors (Lipinski definition) is 6. The molecule has 0 bridgehead atoms. The van der Waals surface area contributed by atoms with Gasteiger partial charge in [0.1, 0.15) is 5.82 Å². The van der Waals surface area contributed by atoms with E-state index >= 15 is 0 Å². The number of aromatic nitrogens is 3. The Morgan fingerprint density at radius 1 is 1.12 bits per heavy atom. The summed E-state index contributed by atoms with van der Waals surface area (Å²) in [4.78, 5) is 30.4. The topological polar surface area (TPSA) is 114 Å². The molecule has 10 heteroatoms. The molecule has 4 N–H and O–H groups in total. The van der Waals surface area contributed by atoms with Crippen molar-refractivity contribution in [3.63, 3.8) is 0 Å². The first kappa shape index (κ1) is 23.4. The number of nitrogens with zero attached hydrogens (tertiary/aromatic N) is 3. The Morgan fingerprint density at radius 2 is 1.82 bits per heavy atom. The van der Waals surface area contributed by atoms with Crippen molar-refractivity contribution in [2.24, 2.45) is 0 Å². The third-order valence-corrected chi connectivity index (χ3v) is 5.99. The molecule has 0 aliphatic heterocycles. The number of carbonyl (C=O) groups excluding carboxylic acids is 2. The summed E-state index contributed by atoms with van der Waals surface area (Å²) < 4.78 is 14.6. The van der Waals surface area contributed by atoms with Gasteiger partial charge in [0.15, 0.2) is 5.65 Å². The van der Waals surface area contributed by atoms with Crippen LogP contribution >= 0.6 is 11.3 Å². The number of anilines is 1. The van der Waals surface area contributed by atoms with Crippen LogP contribution in [0, 0.1) is 5.82 Å². The van der Waals surface area contributed by atoms with Gasteiger partial charge in [-0.3, -0.25) is 9.59 Å². The standard InChI is InChI=1S/C24H25FN6O2S/c1-13(14-5-7-17(25)8-6-14)27-22(33)19-10-16(12-34-19)15-9-18(21(32)29-24(2,3)4)20-28-23(26)30-31(20)11-15/h5-13H,1-4H3,(H2,26,30)(H,27,33)(H,29,32)/t13-/m0/s1. The van der Waals surface area contributed by atoms with E-state index in [1.54, 1.807) is 30.5 Å². The first-order valence-corrected chi connectivity index (χ1v) is 11.5. The first-order valence-electron chi connectivity index (χ1n) is 10.6. The van der Waals surface area contributed by atoms with Crippen LogP contribution in [0.25, 0.3) is 16.8 Å². The number of benzene rings is 1. The van der Waals surface area contributed by atoms with Crippen molar-refractivity contribution in [3.05, 3.63) is 69.8 Å². The molecule has 4 rings (SSSR count). The van der Waals surface area contributed by atoms with Crippen molar-refractivity contribution in [1.29, 1.82) is 0 Å². The Kier molecular flexibility index (Phi) is 6.09. The van der Waals surface area contributed by atoms with Crippen LogP contribution in [-0.2, 0) is 0 Å². The van der Waals surface area contributed by atoms with Crippen molar-refractivity contribution >= 4 is 34.7 Å². The molecule has 2 amide bonds. The van der Waals surface area contributed by atoms with Crippen molar-refractivity contribution in [1.82, 2.24) is 25.2 Å². The van der Waals surface area contributed by atoms with Gasteiger partial charge in [0.25, 0.3) is 11.8 Å². The predicted molar refractivity (Wildman–Crippen MR) is 130 cm³/mol. The molecular formula is C24H25FN6O2S. The van der Waals surface area contributed by atoms with Crippen LogP contribution in [0.2, 0.25) is 0 Å². The summed E-state index contributed by atoms with van der Waals surface area (Å²) in [5.74, 6) is -0.813. The summed E-state index contributed by atoms with van der Waals surface area (Å²) in [5, 5.41) is 11.9. The largest absolute Gasteiger partial charge is 0.366 e. The Labute approximate surface area is 200 Å². The minimum atomic E-state index is -0.440. The number of carbonyl (C=O) groups is 2. The molecule has 3 aromatic heterocycles. The van der Waals surface area contributed by atoms with E-state index in [1.807, 2.05) is 33.1 Å². The lowest BCUT2D eigenvalue weighted by Crippen LogP contribution is -2.40. The molecule has 1 atom stereocenters. The zero-order chi connectivity index (χ0) is 24.6. The summed E-state index contributed by atoms with van der Waals surface area (Å²) in [6, 6.07) is 9.19. The summed E-state index contributed by atoms with van der Waals surface area (Å²) in [6.45, 7) is 7.51. The van der Waals surface area contributed by atoms with E-state index in [1.165, 1.54) is 28.0 Å². The molecule has 0 radical (unpaired) electrons. The fourth-order valence-electron chi connectivity index (χ4n) is 3.44. The average Bonchev–Trinajstić information content (AvgIpc) is 3.38. The second kappa shape index (κ2) is 8.86. The van der Waals surface area contributed by atoms with Crippen molar-refractivity contribution < 1.29 is 14.0 Å². The minimum Gasteiger partial charge on any atom is -0.366 e. The molecule has 4 aromatic rings. The van der Waals surface area contributed by atoms with Gasteiger partial charge in [-0.2, -0.15) is 4.98 Å². The molecule has 0 saturated carbocycles. The van der Waals surface area contributed by atoms with Crippen LogP contribution in [0.15, 0.2) is 48.0 Å². The minimum absolute atomic E-state index is 0.0575. The molecule has 8 nitrogen and oxygen atoms in total. The number of nitrogen functional groups attached to an aromatic ring is 1. The highest BCUT2D eigenvalue weighted by molar-refractivity contribution is 7.12. The van der Waals surface area contributed by atoms with Crippen molar-refractivity contribution in [2.75, 3.05) is 5.73 Å². The van der Waals surface area contributed by atoms with Gasteiger partial charge in [0.05, 0.1) is 16.5 Å². The number of hydrogen-bond donors (Lipinski definition) is 3. The molecule has 176 valence electrons. The second-order valence-electron chi connectivity index (χ2n) is 9.03. The highest BCUT2D eigenvalue weighted by Gasteiger charge is 2.21. The molecule has 0 unspecified atom stereocenters. The van der Waals surface area contributed by atoms with Gasteiger partial charge >= 0.3 is 0 Å². The van der Waals surface area contributed by atoms with E-state index < -0.39 is 5.54 Å². The number of amides is 2. The fraction of sp³-hybridized carbons (Fsp3) is 0.250. The Balaban J connectivity index is 1.61. The van der Waals surface area contributed by atoms with E-state index in [0.29, 0.717) is 21.7 Å². The summed E-state index contributed by atoms with van der Waals surface area (Å²) in [6.07, 6.45) is 1.72. The molecular weight excluding hydrogens is 455 g/mol. The number of thiophene rings is 1. The average molecular weight is 481 g/mol. The number of rotatable bonds is 5. The zero-order valence-electron chi connectivity index (χ0n) is 19.2. The SMILES string of the molecule is C[C@H](NC(=O)c1cc(-c2cc(C(=O)NC(C)(C)C)c3nc(N)nn3c2)cs1)c1ccc(F)cc1. The van der Waals surface area contributed by atoms with Gasteiger partial charge in [-0.25, -0.2) is 8.91 Å². The molecule has 0 saturated heterocycles. The summed E-state index contributed by atoms with van der Waals surface area (Å²) in [5.41, 5.74) is 8.27. The molecule has 0 spiro atoms. The summed E-state index contributed by atoms with van der Waals surface area (Å²) in [7, 11) is 0. The Hall–Kier alpha value is -3.79. The normalized spacial score (nSPS) is 12.5. The third-order valence-electron chi connectivity index (χ3n) is 5.06. The lowest BCUT2D eigenvalue weighted by atomic mass is 10.1. The van der Waals surface area contributed by atoms with Gasteiger partial charge < -0.3 is 16.4 Å². The van der Waals surface area contributed by atoms with Crippen LogP contribution in [0.1, 0.15) is 59.3 Å². The Bertz CT molecular complexity index is 1370. The number of nitrogens with one attached hydrogen (secondary N) is 2. The number of nitrogens with two attached hydrogens (primary N) is 1. The van der Waals surface area contributed by atoms with E-state index in [2.05, 4.69) is 20.7 Å². The van der Waals surface area contributed by atoms with Gasteiger partial charge in [-0.05, 0) is 68.5 Å². The highest BCUT2D eigenvalue weighted by Crippen LogP contribution is 2.28. The molecule has 0 aliphatic carbocycles. The number of halogens is 1. The van der Waals surface area contributed by atoms with Gasteiger partial charge in [0.2, 0.25) is 5.95 Å². The maximum absolute atomic E-state index is 13.2. The van der Waals surface area contributed by atoms with Gasteiger partial charge in [-0.1, -0.05) is 12.1 Å². The molecule has 3 heterocycles. The molecule has 0 aliphatic rings. The van der Waals surface area contributed by atoms with E-state index in [-0.39, 0.29) is 29.6 Å². The van der Waals surface area contributed by atoms with Crippen LogP contribution in [0.5, 0.6) is 0 Å². The lowest BCUT2D eigenvalue weighted by Gasteiger charge is -2.20. The number of fused-ring (bicyclic) bond motifs is 1. The van der Waals surface area contributed by atoms with E-state index in [9.17, 15) is 14.0 Å². The van der Waals surface area contributed by atoms with E-state index in [0.717, 1.165) is 11.1 Å². The smallest absolute Gasteiger partial charge is 0.261 e. The number of pyridine rings is 1. The maximum atomic E-state index is 13.2. The van der Waals surface area contributed by atoms with Gasteiger partial charge in [0, 0.05) is 17.3 Å². The molecule has 34 heavy (non-hydrogen) atoms. The monoisotopic (exact) mass is 480 g/mol. The highest BCUT2D eigenvalue weighted by atomic mass is 32.1. The third kappa shape index (κ3) is 5.07. The molecule has 1 aromatic carbocycles. The predicted octanol–water partition coefficient (Wildman–Crippen LogP) is 4.20. The lowest BCUT2D eigenvalue weighted by molar-refractivity contribution is 0.0917. The Morgan fingerprint density at radius 3 is 2.50 bits per heavy atom.